The Morgan fingerprint density at radius 2 is 2.31 bits per heavy atom. The van der Waals surface area contributed by atoms with Crippen LogP contribution in [0.1, 0.15) is 13.3 Å². The number of anilines is 1. The van der Waals surface area contributed by atoms with Crippen molar-refractivity contribution in [1.82, 2.24) is 0 Å². The number of halogens is 1. The average molecular weight is 260 g/mol. The molecule has 0 aliphatic heterocycles. The van der Waals surface area contributed by atoms with Gasteiger partial charge in [-0.2, -0.15) is 0 Å². The topological polar surface area (TPSA) is 52.3 Å². The highest BCUT2D eigenvalue weighted by Crippen LogP contribution is 2.31. The quantitative estimate of drug-likeness (QED) is 0.502. The van der Waals surface area contributed by atoms with Crippen molar-refractivity contribution in [2.45, 2.75) is 18.2 Å². The summed E-state index contributed by atoms with van der Waals surface area (Å²) in [6.45, 7) is 2.21. The van der Waals surface area contributed by atoms with Gasteiger partial charge in [0.25, 0.3) is 0 Å². The summed E-state index contributed by atoms with van der Waals surface area (Å²) < 4.78 is 4.82. The van der Waals surface area contributed by atoms with Crippen molar-refractivity contribution in [2.75, 3.05) is 18.1 Å². The highest BCUT2D eigenvalue weighted by molar-refractivity contribution is 7.99. The average Bonchev–Trinajstić information content (AvgIpc) is 2.25. The molecule has 16 heavy (non-hydrogen) atoms. The molecule has 0 bridgehead atoms. The molecule has 1 aromatic carbocycles. The Balaban J connectivity index is 2.43. The first kappa shape index (κ1) is 13.2. The summed E-state index contributed by atoms with van der Waals surface area (Å²) >= 11 is 7.51. The fourth-order valence-electron chi connectivity index (χ4n) is 1.12. The molecule has 3 nitrogen and oxygen atoms in total. The normalized spacial score (nSPS) is 10.1. The van der Waals surface area contributed by atoms with Crippen molar-refractivity contribution in [3.05, 3.63) is 23.2 Å². The van der Waals surface area contributed by atoms with E-state index in [1.54, 1.807) is 13.0 Å². The summed E-state index contributed by atoms with van der Waals surface area (Å²) in [6.07, 6.45) is 0.379. The second-order valence-corrected chi connectivity index (χ2v) is 4.58. The fourth-order valence-corrected chi connectivity index (χ4v) is 2.31. The van der Waals surface area contributed by atoms with Gasteiger partial charge in [0, 0.05) is 10.6 Å². The number of carbonyl (C=O) groups is 1. The van der Waals surface area contributed by atoms with Gasteiger partial charge in [-0.15, -0.1) is 11.8 Å². The molecule has 88 valence electrons. The molecule has 0 atom stereocenters. The Hall–Kier alpha value is -0.870. The number of hydrogen-bond acceptors (Lipinski definition) is 4. The van der Waals surface area contributed by atoms with Crippen LogP contribution >= 0.6 is 23.4 Å². The molecule has 0 fully saturated rings. The Labute approximate surface area is 104 Å². The molecule has 0 spiro atoms. The maximum atomic E-state index is 11.1. The van der Waals surface area contributed by atoms with E-state index in [-0.39, 0.29) is 5.97 Å². The standard InChI is InChI=1S/C11H14ClNO2S/c1-2-15-10(14)6-7-16-9-5-3-4-8(13)11(9)12/h3-5H,2,6-7,13H2,1H3. The Morgan fingerprint density at radius 1 is 1.56 bits per heavy atom. The molecule has 1 aromatic rings. The predicted molar refractivity (Wildman–Crippen MR) is 67.8 cm³/mol. The Morgan fingerprint density at radius 3 is 3.00 bits per heavy atom. The number of ether oxygens (including phenoxy) is 1. The summed E-state index contributed by atoms with van der Waals surface area (Å²) in [4.78, 5) is 12.0. The molecule has 0 aromatic heterocycles. The van der Waals surface area contributed by atoms with Crippen LogP contribution in [0.2, 0.25) is 5.02 Å². The lowest BCUT2D eigenvalue weighted by atomic mass is 10.3. The van der Waals surface area contributed by atoms with Crippen LogP contribution < -0.4 is 5.73 Å². The lowest BCUT2D eigenvalue weighted by molar-refractivity contribution is -0.142. The SMILES string of the molecule is CCOC(=O)CCSc1cccc(N)c1Cl. The number of benzene rings is 1. The molecule has 5 heteroatoms. The summed E-state index contributed by atoms with van der Waals surface area (Å²) in [5.74, 6) is 0.456. The number of nitrogens with two attached hydrogens (primary N) is 1. The number of nitrogen functional groups attached to an aromatic ring is 1. The van der Waals surface area contributed by atoms with Gasteiger partial charge in [-0.25, -0.2) is 0 Å². The summed E-state index contributed by atoms with van der Waals surface area (Å²) in [6, 6.07) is 5.47. The van der Waals surface area contributed by atoms with Crippen LogP contribution in [0.25, 0.3) is 0 Å². The van der Waals surface area contributed by atoms with E-state index in [4.69, 9.17) is 22.1 Å². The highest BCUT2D eigenvalue weighted by Gasteiger charge is 2.06. The Bertz CT molecular complexity index is 371. The van der Waals surface area contributed by atoms with Crippen LogP contribution in [0.4, 0.5) is 5.69 Å². The van der Waals surface area contributed by atoms with Crippen LogP contribution in [0.5, 0.6) is 0 Å². The van der Waals surface area contributed by atoms with Crippen molar-refractivity contribution in [3.8, 4) is 0 Å². The zero-order chi connectivity index (χ0) is 12.0. The van der Waals surface area contributed by atoms with Crippen molar-refractivity contribution < 1.29 is 9.53 Å². The lowest BCUT2D eigenvalue weighted by Crippen LogP contribution is -2.04. The van der Waals surface area contributed by atoms with Crippen molar-refractivity contribution in [3.63, 3.8) is 0 Å². The Kier molecular flexibility index (Phi) is 5.49. The molecular weight excluding hydrogens is 246 g/mol. The van der Waals surface area contributed by atoms with Gasteiger partial charge in [0.2, 0.25) is 0 Å². The molecule has 0 saturated carbocycles. The number of hydrogen-bond donors (Lipinski definition) is 1. The first-order valence-electron chi connectivity index (χ1n) is 4.97. The zero-order valence-corrected chi connectivity index (χ0v) is 10.6. The van der Waals surface area contributed by atoms with Crippen LogP contribution in [0.3, 0.4) is 0 Å². The molecule has 1 rings (SSSR count). The van der Waals surface area contributed by atoms with E-state index in [0.717, 1.165) is 4.90 Å². The molecule has 0 aliphatic rings. The maximum Gasteiger partial charge on any atom is 0.306 e. The van der Waals surface area contributed by atoms with Gasteiger partial charge in [0.1, 0.15) is 0 Å². The van der Waals surface area contributed by atoms with E-state index >= 15 is 0 Å². The van der Waals surface area contributed by atoms with Gasteiger partial charge in [0.05, 0.1) is 23.7 Å². The third kappa shape index (κ3) is 3.94. The van der Waals surface area contributed by atoms with Gasteiger partial charge >= 0.3 is 5.97 Å². The van der Waals surface area contributed by atoms with Gasteiger partial charge in [-0.05, 0) is 19.1 Å². The molecule has 0 amide bonds. The lowest BCUT2D eigenvalue weighted by Gasteiger charge is -2.05. The van der Waals surface area contributed by atoms with E-state index < -0.39 is 0 Å². The summed E-state index contributed by atoms with van der Waals surface area (Å²) in [5, 5.41) is 0.552. The van der Waals surface area contributed by atoms with Crippen LogP contribution in [-0.4, -0.2) is 18.3 Å². The van der Waals surface area contributed by atoms with Gasteiger partial charge < -0.3 is 10.5 Å². The molecule has 2 N–H and O–H groups in total. The van der Waals surface area contributed by atoms with Crippen LogP contribution in [0.15, 0.2) is 23.1 Å². The van der Waals surface area contributed by atoms with E-state index in [9.17, 15) is 4.79 Å². The number of esters is 1. The number of rotatable bonds is 5. The van der Waals surface area contributed by atoms with Gasteiger partial charge in [-0.1, -0.05) is 17.7 Å². The van der Waals surface area contributed by atoms with Crippen molar-refractivity contribution >= 4 is 35.0 Å². The van der Waals surface area contributed by atoms with Gasteiger partial charge in [0.15, 0.2) is 0 Å². The van der Waals surface area contributed by atoms with E-state index in [2.05, 4.69) is 0 Å². The fraction of sp³-hybridized carbons (Fsp3) is 0.364. The third-order valence-electron chi connectivity index (χ3n) is 1.86. The number of thioether (sulfide) groups is 1. The predicted octanol–water partition coefficient (Wildman–Crippen LogP) is 2.97. The molecule has 0 heterocycles. The molecule has 0 aliphatic carbocycles. The largest absolute Gasteiger partial charge is 0.466 e. The minimum atomic E-state index is -0.185. The van der Waals surface area contributed by atoms with Crippen LogP contribution in [-0.2, 0) is 9.53 Å². The van der Waals surface area contributed by atoms with Crippen molar-refractivity contribution in [2.24, 2.45) is 0 Å². The number of carbonyl (C=O) groups excluding carboxylic acids is 1. The maximum absolute atomic E-state index is 11.1. The molecule has 0 saturated heterocycles. The second-order valence-electron chi connectivity index (χ2n) is 3.06. The van der Waals surface area contributed by atoms with Gasteiger partial charge in [-0.3, -0.25) is 4.79 Å². The minimum absolute atomic E-state index is 0.185. The highest BCUT2D eigenvalue weighted by atomic mass is 35.5. The van der Waals surface area contributed by atoms with E-state index in [0.29, 0.717) is 29.5 Å². The van der Waals surface area contributed by atoms with Crippen molar-refractivity contribution in [1.29, 1.82) is 0 Å². The summed E-state index contributed by atoms with van der Waals surface area (Å²) in [7, 11) is 0. The molecule has 0 radical (unpaired) electrons. The zero-order valence-electron chi connectivity index (χ0n) is 9.03. The molecular formula is C11H14ClNO2S. The van der Waals surface area contributed by atoms with E-state index in [1.165, 1.54) is 11.8 Å². The smallest absolute Gasteiger partial charge is 0.306 e. The van der Waals surface area contributed by atoms with E-state index in [1.807, 2.05) is 12.1 Å². The summed E-state index contributed by atoms with van der Waals surface area (Å²) in [5.41, 5.74) is 6.22. The second kappa shape index (κ2) is 6.66. The minimum Gasteiger partial charge on any atom is -0.466 e. The molecule has 0 unspecified atom stereocenters. The first-order chi connectivity index (χ1) is 7.65. The monoisotopic (exact) mass is 259 g/mol. The first-order valence-corrected chi connectivity index (χ1v) is 6.34. The third-order valence-corrected chi connectivity index (χ3v) is 3.46. The van der Waals surface area contributed by atoms with Crippen LogP contribution in [0, 0.1) is 0 Å².